The summed E-state index contributed by atoms with van der Waals surface area (Å²) in [6, 6.07) is 5.89. The molecule has 1 fully saturated rings. The van der Waals surface area contributed by atoms with Crippen LogP contribution in [0, 0.1) is 18.7 Å². The predicted octanol–water partition coefficient (Wildman–Crippen LogP) is 3.09. The zero-order valence-corrected chi connectivity index (χ0v) is 18.9. The number of halogens is 1. The number of rotatable bonds is 5. The van der Waals surface area contributed by atoms with Crippen LogP contribution >= 0.6 is 11.3 Å². The quantitative estimate of drug-likeness (QED) is 0.640. The Morgan fingerprint density at radius 1 is 1.28 bits per heavy atom. The van der Waals surface area contributed by atoms with Crippen molar-refractivity contribution in [3.63, 3.8) is 0 Å². The van der Waals surface area contributed by atoms with Crippen LogP contribution in [0.3, 0.4) is 0 Å². The van der Waals surface area contributed by atoms with Gasteiger partial charge in [-0.2, -0.15) is 0 Å². The fourth-order valence-electron chi connectivity index (χ4n) is 4.01. The summed E-state index contributed by atoms with van der Waals surface area (Å²) in [5, 5.41) is 3.17. The average Bonchev–Trinajstić information content (AvgIpc) is 3.12. The molecule has 1 aliphatic rings. The van der Waals surface area contributed by atoms with Gasteiger partial charge in [0.05, 0.1) is 16.6 Å². The SMILES string of the molecule is Cc1c(C(=O)NCc2ccc(F)cc2)sc2ncn(CC(=O)N3CCCC(C)C3)c(=O)c12. The third-order valence-electron chi connectivity index (χ3n) is 5.81. The summed E-state index contributed by atoms with van der Waals surface area (Å²) >= 11 is 1.15. The van der Waals surface area contributed by atoms with Gasteiger partial charge in [0.25, 0.3) is 11.5 Å². The van der Waals surface area contributed by atoms with Crippen LogP contribution in [0.15, 0.2) is 35.4 Å². The standard InChI is InChI=1S/C23H25FN4O3S/c1-14-4-3-9-27(11-14)18(29)12-28-13-26-22-19(23(28)31)15(2)20(32-22)21(30)25-10-16-5-7-17(24)8-6-16/h5-8,13-14H,3-4,9-12H2,1-2H3,(H,25,30). The van der Waals surface area contributed by atoms with Gasteiger partial charge in [0.15, 0.2) is 0 Å². The second-order valence-electron chi connectivity index (χ2n) is 8.31. The molecule has 9 heteroatoms. The van der Waals surface area contributed by atoms with E-state index in [9.17, 15) is 18.8 Å². The number of nitrogens with zero attached hydrogens (tertiary/aromatic N) is 3. The normalized spacial score (nSPS) is 16.3. The number of thiophene rings is 1. The largest absolute Gasteiger partial charge is 0.347 e. The first kappa shape index (κ1) is 22.1. The molecule has 0 bridgehead atoms. The van der Waals surface area contributed by atoms with Crippen molar-refractivity contribution in [2.45, 2.75) is 39.8 Å². The molecule has 0 spiro atoms. The Balaban J connectivity index is 1.52. The van der Waals surface area contributed by atoms with Crippen molar-refractivity contribution >= 4 is 33.4 Å². The highest BCUT2D eigenvalue weighted by molar-refractivity contribution is 7.20. The van der Waals surface area contributed by atoms with E-state index >= 15 is 0 Å². The number of likely N-dealkylation sites (tertiary alicyclic amines) is 1. The van der Waals surface area contributed by atoms with E-state index in [4.69, 9.17) is 0 Å². The molecule has 168 valence electrons. The van der Waals surface area contributed by atoms with E-state index in [1.54, 1.807) is 24.0 Å². The fourth-order valence-corrected chi connectivity index (χ4v) is 5.07. The molecule has 3 aromatic rings. The highest BCUT2D eigenvalue weighted by Crippen LogP contribution is 2.27. The lowest BCUT2D eigenvalue weighted by Gasteiger charge is -2.31. The first-order valence-corrected chi connectivity index (χ1v) is 11.4. The van der Waals surface area contributed by atoms with Gasteiger partial charge in [-0.05, 0) is 48.9 Å². The van der Waals surface area contributed by atoms with E-state index < -0.39 is 0 Å². The first-order valence-electron chi connectivity index (χ1n) is 10.6. The van der Waals surface area contributed by atoms with E-state index in [0.29, 0.717) is 39.7 Å². The van der Waals surface area contributed by atoms with Crippen LogP contribution in [0.25, 0.3) is 10.2 Å². The molecule has 1 aromatic carbocycles. The number of fused-ring (bicyclic) bond motifs is 1. The lowest BCUT2D eigenvalue weighted by molar-refractivity contribution is -0.133. The topological polar surface area (TPSA) is 84.3 Å². The van der Waals surface area contributed by atoms with E-state index in [-0.39, 0.29) is 36.3 Å². The Kier molecular flexibility index (Phi) is 6.36. The molecule has 1 N–H and O–H groups in total. The number of benzene rings is 1. The molecule has 1 aliphatic heterocycles. The predicted molar refractivity (Wildman–Crippen MR) is 121 cm³/mol. The van der Waals surface area contributed by atoms with Gasteiger partial charge in [0, 0.05) is 19.6 Å². The number of carbonyl (C=O) groups excluding carboxylic acids is 2. The van der Waals surface area contributed by atoms with Crippen molar-refractivity contribution in [3.05, 3.63) is 62.8 Å². The minimum Gasteiger partial charge on any atom is -0.347 e. The maximum absolute atomic E-state index is 13.1. The molecular weight excluding hydrogens is 431 g/mol. The minimum atomic E-state index is -0.337. The monoisotopic (exact) mass is 456 g/mol. The van der Waals surface area contributed by atoms with Crippen LogP contribution < -0.4 is 10.9 Å². The molecular formula is C23H25FN4O3S. The molecule has 32 heavy (non-hydrogen) atoms. The Bertz CT molecular complexity index is 1220. The molecule has 0 saturated carbocycles. The van der Waals surface area contributed by atoms with Crippen LogP contribution in [0.4, 0.5) is 4.39 Å². The van der Waals surface area contributed by atoms with E-state index in [1.807, 2.05) is 0 Å². The number of nitrogens with one attached hydrogen (secondary N) is 1. The maximum Gasteiger partial charge on any atom is 0.262 e. The van der Waals surface area contributed by atoms with Crippen molar-refractivity contribution in [1.29, 1.82) is 0 Å². The van der Waals surface area contributed by atoms with Gasteiger partial charge in [-0.15, -0.1) is 11.3 Å². The first-order chi connectivity index (χ1) is 15.3. The zero-order valence-electron chi connectivity index (χ0n) is 18.1. The van der Waals surface area contributed by atoms with Gasteiger partial charge in [0.2, 0.25) is 5.91 Å². The summed E-state index contributed by atoms with van der Waals surface area (Å²) < 4.78 is 14.4. The molecule has 2 aromatic heterocycles. The van der Waals surface area contributed by atoms with Crippen molar-refractivity contribution in [1.82, 2.24) is 19.8 Å². The van der Waals surface area contributed by atoms with Crippen LogP contribution in [0.1, 0.15) is 40.6 Å². The maximum atomic E-state index is 13.1. The summed E-state index contributed by atoms with van der Waals surface area (Å²) in [5.41, 5.74) is 0.997. The summed E-state index contributed by atoms with van der Waals surface area (Å²) in [4.78, 5) is 45.5. The molecule has 1 saturated heterocycles. The number of aryl methyl sites for hydroxylation is 1. The highest BCUT2D eigenvalue weighted by atomic mass is 32.1. The van der Waals surface area contributed by atoms with E-state index in [2.05, 4.69) is 17.2 Å². The summed E-state index contributed by atoms with van der Waals surface area (Å²) in [6.07, 6.45) is 3.46. The van der Waals surface area contributed by atoms with Crippen LogP contribution in [0.2, 0.25) is 0 Å². The molecule has 2 amide bonds. The van der Waals surface area contributed by atoms with Crippen LogP contribution in [-0.4, -0.2) is 39.4 Å². The van der Waals surface area contributed by atoms with E-state index in [1.165, 1.54) is 23.0 Å². The number of piperidine rings is 1. The highest BCUT2D eigenvalue weighted by Gasteiger charge is 2.23. The van der Waals surface area contributed by atoms with Gasteiger partial charge in [-0.25, -0.2) is 9.37 Å². The zero-order chi connectivity index (χ0) is 22.8. The lowest BCUT2D eigenvalue weighted by Crippen LogP contribution is -2.42. The molecule has 3 heterocycles. The fraction of sp³-hybridized carbons (Fsp3) is 0.391. The number of hydrogen-bond donors (Lipinski definition) is 1. The van der Waals surface area contributed by atoms with Crippen molar-refractivity contribution in [2.24, 2.45) is 5.92 Å². The number of aromatic nitrogens is 2. The second-order valence-corrected chi connectivity index (χ2v) is 9.31. The van der Waals surface area contributed by atoms with Gasteiger partial charge >= 0.3 is 0 Å². The van der Waals surface area contributed by atoms with Crippen molar-refractivity contribution in [2.75, 3.05) is 13.1 Å². The van der Waals surface area contributed by atoms with E-state index in [0.717, 1.165) is 29.7 Å². The number of hydrogen-bond acceptors (Lipinski definition) is 5. The van der Waals surface area contributed by atoms with Crippen LogP contribution in [-0.2, 0) is 17.9 Å². The van der Waals surface area contributed by atoms with Gasteiger partial charge in [-0.3, -0.25) is 19.0 Å². The minimum absolute atomic E-state index is 0.0596. The molecule has 0 aliphatic carbocycles. The number of carbonyl (C=O) groups is 2. The molecule has 0 radical (unpaired) electrons. The molecule has 7 nitrogen and oxygen atoms in total. The summed E-state index contributed by atoms with van der Waals surface area (Å²) in [6.45, 7) is 5.44. The van der Waals surface area contributed by atoms with Crippen LogP contribution in [0.5, 0.6) is 0 Å². The third-order valence-corrected chi connectivity index (χ3v) is 7.00. The molecule has 4 rings (SSSR count). The summed E-state index contributed by atoms with van der Waals surface area (Å²) in [5.74, 6) is -0.291. The lowest BCUT2D eigenvalue weighted by atomic mass is 10.0. The Morgan fingerprint density at radius 3 is 2.75 bits per heavy atom. The Morgan fingerprint density at radius 2 is 2.03 bits per heavy atom. The average molecular weight is 457 g/mol. The second kappa shape index (κ2) is 9.20. The third kappa shape index (κ3) is 4.57. The molecule has 1 unspecified atom stereocenters. The van der Waals surface area contributed by atoms with Gasteiger partial charge in [0.1, 0.15) is 17.2 Å². The Hall–Kier alpha value is -3.07. The smallest absolute Gasteiger partial charge is 0.262 e. The van der Waals surface area contributed by atoms with Crippen molar-refractivity contribution < 1.29 is 14.0 Å². The summed E-state index contributed by atoms with van der Waals surface area (Å²) in [7, 11) is 0. The van der Waals surface area contributed by atoms with Crippen molar-refractivity contribution in [3.8, 4) is 0 Å². The Labute approximate surface area is 188 Å². The molecule has 1 atom stereocenters. The van der Waals surface area contributed by atoms with Gasteiger partial charge < -0.3 is 10.2 Å². The number of amides is 2. The van der Waals surface area contributed by atoms with Gasteiger partial charge in [-0.1, -0.05) is 19.1 Å².